The van der Waals surface area contributed by atoms with Gasteiger partial charge in [-0.25, -0.2) is 9.37 Å². The molecule has 7 heteroatoms. The number of benzene rings is 1. The quantitative estimate of drug-likeness (QED) is 0.654. The summed E-state index contributed by atoms with van der Waals surface area (Å²) in [4.78, 5) is 18.4. The lowest BCUT2D eigenvalue weighted by Gasteiger charge is -2.10. The minimum atomic E-state index is -0.505. The second-order valence-corrected chi connectivity index (χ2v) is 5.04. The minimum absolute atomic E-state index is 0.141. The summed E-state index contributed by atoms with van der Waals surface area (Å²) in [6.07, 6.45) is 2.18. The molecule has 0 amide bonds. The maximum absolute atomic E-state index is 13.7. The van der Waals surface area contributed by atoms with Crippen LogP contribution < -0.4 is 16.0 Å². The normalized spacial score (nSPS) is 10.5. The monoisotopic (exact) mass is 295 g/mol. The predicted molar refractivity (Wildman–Crippen MR) is 75.6 cm³/mol. The van der Waals surface area contributed by atoms with Crippen molar-refractivity contribution < 1.29 is 9.13 Å². The van der Waals surface area contributed by atoms with E-state index in [2.05, 4.69) is 9.97 Å². The molecule has 0 saturated carbocycles. The van der Waals surface area contributed by atoms with E-state index in [-0.39, 0.29) is 17.0 Å². The van der Waals surface area contributed by atoms with Gasteiger partial charge in [-0.2, -0.15) is 0 Å². The second kappa shape index (κ2) is 6.42. The van der Waals surface area contributed by atoms with Crippen LogP contribution in [0.15, 0.2) is 39.2 Å². The number of nitrogen functional groups attached to an aromatic ring is 1. The van der Waals surface area contributed by atoms with Crippen LogP contribution in [-0.2, 0) is 0 Å². The SMILES string of the molecule is CCCOc1cc(Sc2nccc(=O)[nH]2)c(N)cc1F. The first kappa shape index (κ1) is 14.4. The van der Waals surface area contributed by atoms with Gasteiger partial charge >= 0.3 is 0 Å². The smallest absolute Gasteiger partial charge is 0.251 e. The van der Waals surface area contributed by atoms with Crippen LogP contribution in [0.25, 0.3) is 0 Å². The Morgan fingerprint density at radius 3 is 3.00 bits per heavy atom. The fourth-order valence-electron chi connectivity index (χ4n) is 1.47. The summed E-state index contributed by atoms with van der Waals surface area (Å²) in [5.74, 6) is -0.364. The summed E-state index contributed by atoms with van der Waals surface area (Å²) in [7, 11) is 0. The zero-order valence-electron chi connectivity index (χ0n) is 10.9. The number of nitrogens with two attached hydrogens (primary N) is 1. The number of hydrogen-bond acceptors (Lipinski definition) is 5. The molecule has 0 aliphatic carbocycles. The molecule has 0 radical (unpaired) electrons. The van der Waals surface area contributed by atoms with Gasteiger partial charge in [-0.15, -0.1) is 0 Å². The second-order valence-electron chi connectivity index (χ2n) is 4.01. The Hall–Kier alpha value is -2.02. The first-order valence-corrected chi connectivity index (χ1v) is 6.86. The Balaban J connectivity index is 2.29. The molecule has 1 aromatic heterocycles. The van der Waals surface area contributed by atoms with E-state index >= 15 is 0 Å². The number of halogens is 1. The van der Waals surface area contributed by atoms with Crippen molar-refractivity contribution >= 4 is 17.4 Å². The van der Waals surface area contributed by atoms with Crippen molar-refractivity contribution in [1.29, 1.82) is 0 Å². The highest BCUT2D eigenvalue weighted by molar-refractivity contribution is 7.99. The largest absolute Gasteiger partial charge is 0.490 e. The molecule has 1 heterocycles. The van der Waals surface area contributed by atoms with Crippen molar-refractivity contribution in [3.63, 3.8) is 0 Å². The highest BCUT2D eigenvalue weighted by atomic mass is 32.2. The Morgan fingerprint density at radius 1 is 1.50 bits per heavy atom. The van der Waals surface area contributed by atoms with E-state index in [4.69, 9.17) is 10.5 Å². The highest BCUT2D eigenvalue weighted by Crippen LogP contribution is 2.34. The van der Waals surface area contributed by atoms with Crippen LogP contribution in [0.5, 0.6) is 5.75 Å². The van der Waals surface area contributed by atoms with Gasteiger partial charge in [0, 0.05) is 28.9 Å². The fraction of sp³-hybridized carbons (Fsp3) is 0.231. The van der Waals surface area contributed by atoms with Crippen LogP contribution in [0.1, 0.15) is 13.3 Å². The van der Waals surface area contributed by atoms with Crippen molar-refractivity contribution in [2.45, 2.75) is 23.4 Å². The van der Waals surface area contributed by atoms with Gasteiger partial charge in [0.25, 0.3) is 5.56 Å². The highest BCUT2D eigenvalue weighted by Gasteiger charge is 2.11. The number of rotatable bonds is 5. The number of nitrogens with one attached hydrogen (secondary N) is 1. The zero-order chi connectivity index (χ0) is 14.5. The Bertz CT molecular complexity index is 660. The Labute approximate surface area is 119 Å². The minimum Gasteiger partial charge on any atom is -0.490 e. The molecule has 1 aromatic carbocycles. The van der Waals surface area contributed by atoms with Crippen molar-refractivity contribution in [2.75, 3.05) is 12.3 Å². The Morgan fingerprint density at radius 2 is 2.30 bits per heavy atom. The molecule has 2 rings (SSSR count). The maximum atomic E-state index is 13.7. The summed E-state index contributed by atoms with van der Waals surface area (Å²) >= 11 is 1.15. The van der Waals surface area contributed by atoms with E-state index in [0.29, 0.717) is 16.7 Å². The molecule has 0 aliphatic rings. The van der Waals surface area contributed by atoms with Gasteiger partial charge in [0.2, 0.25) is 0 Å². The van der Waals surface area contributed by atoms with E-state index in [1.54, 1.807) is 0 Å². The third-order valence-corrected chi connectivity index (χ3v) is 3.35. The average molecular weight is 295 g/mol. The number of H-pyrrole nitrogens is 1. The summed E-state index contributed by atoms with van der Waals surface area (Å²) < 4.78 is 19.0. The van der Waals surface area contributed by atoms with Gasteiger partial charge in [0.15, 0.2) is 16.7 Å². The van der Waals surface area contributed by atoms with Gasteiger partial charge in [0.1, 0.15) is 0 Å². The fourth-order valence-corrected chi connectivity index (χ4v) is 2.29. The molecule has 0 fully saturated rings. The molecule has 0 aliphatic heterocycles. The lowest BCUT2D eigenvalue weighted by Crippen LogP contribution is -2.05. The van der Waals surface area contributed by atoms with Crippen LogP contribution in [0, 0.1) is 5.82 Å². The topological polar surface area (TPSA) is 81.0 Å². The average Bonchev–Trinajstić information content (AvgIpc) is 2.40. The Kier molecular flexibility index (Phi) is 4.62. The molecular weight excluding hydrogens is 281 g/mol. The zero-order valence-corrected chi connectivity index (χ0v) is 11.7. The van der Waals surface area contributed by atoms with Crippen molar-refractivity contribution in [1.82, 2.24) is 9.97 Å². The van der Waals surface area contributed by atoms with Crippen molar-refractivity contribution in [3.05, 3.63) is 40.6 Å². The number of hydrogen-bond donors (Lipinski definition) is 2. The predicted octanol–water partition coefficient (Wildman–Crippen LogP) is 2.43. The molecule has 0 bridgehead atoms. The van der Waals surface area contributed by atoms with E-state index < -0.39 is 5.82 Å². The number of aromatic nitrogens is 2. The van der Waals surface area contributed by atoms with Gasteiger partial charge in [0.05, 0.1) is 6.61 Å². The van der Waals surface area contributed by atoms with Crippen LogP contribution in [-0.4, -0.2) is 16.6 Å². The number of nitrogens with zero attached hydrogens (tertiary/aromatic N) is 1. The first-order valence-electron chi connectivity index (χ1n) is 6.05. The van der Waals surface area contributed by atoms with Crippen LogP contribution in [0.2, 0.25) is 0 Å². The van der Waals surface area contributed by atoms with E-state index in [0.717, 1.165) is 18.2 Å². The van der Waals surface area contributed by atoms with Crippen molar-refractivity contribution in [3.8, 4) is 5.75 Å². The summed E-state index contributed by atoms with van der Waals surface area (Å²) in [5.41, 5.74) is 5.78. The van der Waals surface area contributed by atoms with Crippen molar-refractivity contribution in [2.24, 2.45) is 0 Å². The first-order chi connectivity index (χ1) is 9.60. The molecule has 0 atom stereocenters. The van der Waals surface area contributed by atoms with Gasteiger partial charge in [-0.1, -0.05) is 6.92 Å². The third-order valence-electron chi connectivity index (χ3n) is 2.38. The van der Waals surface area contributed by atoms with Crippen LogP contribution in [0.4, 0.5) is 10.1 Å². The number of aromatic amines is 1. The standard InChI is InChI=1S/C13H14FN3O2S/c1-2-5-19-10-7-11(9(15)6-8(10)14)20-13-16-4-3-12(18)17-13/h3-4,6-7H,2,5,15H2,1H3,(H,16,17,18). The molecule has 20 heavy (non-hydrogen) atoms. The summed E-state index contributed by atoms with van der Waals surface area (Å²) in [6, 6.07) is 4.03. The molecule has 106 valence electrons. The van der Waals surface area contributed by atoms with Gasteiger partial charge in [-0.3, -0.25) is 4.79 Å². The van der Waals surface area contributed by atoms with E-state index in [1.165, 1.54) is 24.4 Å². The number of ether oxygens (including phenoxy) is 1. The molecule has 0 spiro atoms. The lowest BCUT2D eigenvalue weighted by atomic mass is 10.3. The molecule has 0 saturated heterocycles. The van der Waals surface area contributed by atoms with Gasteiger partial charge < -0.3 is 15.5 Å². The van der Waals surface area contributed by atoms with Crippen LogP contribution in [0.3, 0.4) is 0 Å². The molecular formula is C13H14FN3O2S. The summed E-state index contributed by atoms with van der Waals surface area (Å²) in [6.45, 7) is 2.36. The van der Waals surface area contributed by atoms with E-state index in [9.17, 15) is 9.18 Å². The van der Waals surface area contributed by atoms with Crippen LogP contribution >= 0.6 is 11.8 Å². The molecule has 5 nitrogen and oxygen atoms in total. The maximum Gasteiger partial charge on any atom is 0.251 e. The molecule has 2 aromatic rings. The molecule has 3 N–H and O–H groups in total. The van der Waals surface area contributed by atoms with Gasteiger partial charge in [-0.05, 0) is 24.2 Å². The summed E-state index contributed by atoms with van der Waals surface area (Å²) in [5, 5.41) is 0.386. The lowest BCUT2D eigenvalue weighted by molar-refractivity contribution is 0.300. The van der Waals surface area contributed by atoms with E-state index in [1.807, 2.05) is 6.92 Å². The number of anilines is 1. The molecule has 0 unspecified atom stereocenters. The third kappa shape index (κ3) is 3.51.